The van der Waals surface area contributed by atoms with E-state index in [0.717, 1.165) is 43.1 Å². The number of rotatable bonds is 2. The van der Waals surface area contributed by atoms with Crippen LogP contribution in [0.5, 0.6) is 0 Å². The summed E-state index contributed by atoms with van der Waals surface area (Å²) in [5.74, 6) is 1.80. The lowest BCUT2D eigenvalue weighted by Gasteiger charge is -2.11. The van der Waals surface area contributed by atoms with Crippen LogP contribution >= 0.6 is 0 Å². The zero-order valence-electron chi connectivity index (χ0n) is 9.29. The van der Waals surface area contributed by atoms with E-state index in [4.69, 9.17) is 10.5 Å². The average Bonchev–Trinajstić information content (AvgIpc) is 2.75. The molecule has 0 spiro atoms. The molecule has 2 rings (SSSR count). The minimum Gasteiger partial charge on any atom is -0.383 e. The summed E-state index contributed by atoms with van der Waals surface area (Å²) < 4.78 is 5.33. The average molecular weight is 207 g/mol. The number of hydrogen-bond acceptors (Lipinski definition) is 4. The third kappa shape index (κ3) is 1.95. The van der Waals surface area contributed by atoms with Crippen LogP contribution in [0.4, 0.5) is 5.82 Å². The van der Waals surface area contributed by atoms with E-state index < -0.39 is 0 Å². The van der Waals surface area contributed by atoms with Gasteiger partial charge in [0.05, 0.1) is 6.61 Å². The zero-order valence-corrected chi connectivity index (χ0v) is 9.29. The van der Waals surface area contributed by atoms with Crippen LogP contribution in [0.3, 0.4) is 0 Å². The molecular weight excluding hydrogens is 190 g/mol. The van der Waals surface area contributed by atoms with Crippen molar-refractivity contribution in [2.75, 3.05) is 18.9 Å². The Morgan fingerprint density at radius 2 is 2.27 bits per heavy atom. The largest absolute Gasteiger partial charge is 0.383 e. The van der Waals surface area contributed by atoms with E-state index in [1.807, 2.05) is 6.92 Å². The topological polar surface area (TPSA) is 61.0 Å². The van der Waals surface area contributed by atoms with E-state index >= 15 is 0 Å². The Bertz CT molecular complexity index is 359. The van der Waals surface area contributed by atoms with Crippen LogP contribution < -0.4 is 5.73 Å². The lowest BCUT2D eigenvalue weighted by atomic mass is 10.1. The second-order valence-corrected chi connectivity index (χ2v) is 3.95. The number of hydrogen-bond donors (Lipinski definition) is 1. The minimum absolute atomic E-state index is 0.332. The van der Waals surface area contributed by atoms with Crippen LogP contribution in [0.15, 0.2) is 0 Å². The minimum atomic E-state index is 0.332. The van der Waals surface area contributed by atoms with Gasteiger partial charge in [-0.15, -0.1) is 0 Å². The van der Waals surface area contributed by atoms with Crippen molar-refractivity contribution in [1.82, 2.24) is 9.97 Å². The van der Waals surface area contributed by atoms with Crippen LogP contribution in [-0.2, 0) is 11.2 Å². The van der Waals surface area contributed by atoms with Crippen molar-refractivity contribution in [2.45, 2.75) is 32.6 Å². The number of nitrogens with zero attached hydrogens (tertiary/aromatic N) is 2. The standard InChI is InChI=1S/C11H17N3O/c1-3-9-7(2)10(12)14-11(13-9)8-4-5-15-6-8/h8H,3-6H2,1-2H3,(H2,12,13,14). The second kappa shape index (κ2) is 4.14. The van der Waals surface area contributed by atoms with Gasteiger partial charge >= 0.3 is 0 Å². The van der Waals surface area contributed by atoms with Crippen LogP contribution in [0.25, 0.3) is 0 Å². The number of anilines is 1. The Balaban J connectivity index is 2.35. The maximum atomic E-state index is 5.87. The molecule has 0 amide bonds. The first kappa shape index (κ1) is 10.4. The third-order valence-electron chi connectivity index (χ3n) is 2.93. The van der Waals surface area contributed by atoms with E-state index in [1.165, 1.54) is 0 Å². The summed E-state index contributed by atoms with van der Waals surface area (Å²) in [6, 6.07) is 0. The molecule has 0 bridgehead atoms. The van der Waals surface area contributed by atoms with Crippen molar-refractivity contribution in [3.63, 3.8) is 0 Å². The summed E-state index contributed by atoms with van der Waals surface area (Å²) in [7, 11) is 0. The van der Waals surface area contributed by atoms with Gasteiger partial charge in [0.15, 0.2) is 0 Å². The zero-order chi connectivity index (χ0) is 10.8. The monoisotopic (exact) mass is 207 g/mol. The van der Waals surface area contributed by atoms with Gasteiger partial charge in [-0.3, -0.25) is 0 Å². The number of aromatic nitrogens is 2. The Hall–Kier alpha value is -1.16. The normalized spacial score (nSPS) is 20.8. The van der Waals surface area contributed by atoms with Gasteiger partial charge in [0.25, 0.3) is 0 Å². The maximum absolute atomic E-state index is 5.87. The fraction of sp³-hybridized carbons (Fsp3) is 0.636. The number of nitrogen functional groups attached to an aromatic ring is 1. The smallest absolute Gasteiger partial charge is 0.136 e. The predicted molar refractivity (Wildman–Crippen MR) is 58.7 cm³/mol. The highest BCUT2D eigenvalue weighted by Crippen LogP contribution is 2.24. The van der Waals surface area contributed by atoms with Gasteiger partial charge in [-0.05, 0) is 19.8 Å². The lowest BCUT2D eigenvalue weighted by molar-refractivity contribution is 0.193. The molecule has 4 nitrogen and oxygen atoms in total. The highest BCUT2D eigenvalue weighted by molar-refractivity contribution is 5.41. The van der Waals surface area contributed by atoms with Gasteiger partial charge in [-0.1, -0.05) is 6.92 Å². The Morgan fingerprint density at radius 1 is 1.47 bits per heavy atom. The highest BCUT2D eigenvalue weighted by atomic mass is 16.5. The van der Waals surface area contributed by atoms with Crippen LogP contribution in [0, 0.1) is 6.92 Å². The molecule has 2 heterocycles. The summed E-state index contributed by atoms with van der Waals surface area (Å²) in [6.07, 6.45) is 1.91. The summed E-state index contributed by atoms with van der Waals surface area (Å²) >= 11 is 0. The molecule has 1 atom stereocenters. The quantitative estimate of drug-likeness (QED) is 0.797. The van der Waals surface area contributed by atoms with Gasteiger partial charge in [-0.25, -0.2) is 9.97 Å². The van der Waals surface area contributed by atoms with Crippen molar-refractivity contribution in [3.8, 4) is 0 Å². The molecule has 0 saturated carbocycles. The van der Waals surface area contributed by atoms with Crippen molar-refractivity contribution in [1.29, 1.82) is 0 Å². The lowest BCUT2D eigenvalue weighted by Crippen LogP contribution is -2.10. The predicted octanol–water partition coefficient (Wildman–Crippen LogP) is 1.43. The van der Waals surface area contributed by atoms with Crippen LogP contribution in [0.2, 0.25) is 0 Å². The molecule has 2 N–H and O–H groups in total. The fourth-order valence-corrected chi connectivity index (χ4v) is 1.87. The van der Waals surface area contributed by atoms with Crippen molar-refractivity contribution in [3.05, 3.63) is 17.1 Å². The van der Waals surface area contributed by atoms with Gasteiger partial charge in [0, 0.05) is 23.8 Å². The number of aryl methyl sites for hydroxylation is 1. The van der Waals surface area contributed by atoms with Crippen molar-refractivity contribution in [2.24, 2.45) is 0 Å². The van der Waals surface area contributed by atoms with E-state index in [-0.39, 0.29) is 0 Å². The van der Waals surface area contributed by atoms with E-state index in [0.29, 0.717) is 11.7 Å². The molecule has 1 saturated heterocycles. The molecule has 15 heavy (non-hydrogen) atoms. The first-order valence-electron chi connectivity index (χ1n) is 5.43. The highest BCUT2D eigenvalue weighted by Gasteiger charge is 2.21. The van der Waals surface area contributed by atoms with Crippen molar-refractivity contribution >= 4 is 5.82 Å². The fourth-order valence-electron chi connectivity index (χ4n) is 1.87. The molecule has 0 aromatic carbocycles. The SMILES string of the molecule is CCc1nc(C2CCOC2)nc(N)c1C. The molecule has 1 aliphatic rings. The van der Waals surface area contributed by atoms with E-state index in [1.54, 1.807) is 0 Å². The van der Waals surface area contributed by atoms with Crippen LogP contribution in [-0.4, -0.2) is 23.2 Å². The Labute approximate surface area is 89.9 Å². The molecule has 1 fully saturated rings. The molecule has 1 aliphatic heterocycles. The summed E-state index contributed by atoms with van der Waals surface area (Å²) in [6.45, 7) is 5.60. The number of nitrogens with two attached hydrogens (primary N) is 1. The van der Waals surface area contributed by atoms with E-state index in [2.05, 4.69) is 16.9 Å². The molecular formula is C11H17N3O. The summed E-state index contributed by atoms with van der Waals surface area (Å²) in [4.78, 5) is 8.91. The van der Waals surface area contributed by atoms with Crippen LogP contribution in [0.1, 0.15) is 36.3 Å². The van der Waals surface area contributed by atoms with E-state index in [9.17, 15) is 0 Å². The van der Waals surface area contributed by atoms with Crippen molar-refractivity contribution < 1.29 is 4.74 Å². The molecule has 0 radical (unpaired) electrons. The molecule has 0 aliphatic carbocycles. The van der Waals surface area contributed by atoms with Gasteiger partial charge in [-0.2, -0.15) is 0 Å². The molecule has 1 aromatic rings. The summed E-state index contributed by atoms with van der Waals surface area (Å²) in [5.41, 5.74) is 7.95. The van der Waals surface area contributed by atoms with Gasteiger partial charge in [0.1, 0.15) is 11.6 Å². The first-order chi connectivity index (χ1) is 7.22. The third-order valence-corrected chi connectivity index (χ3v) is 2.93. The molecule has 4 heteroatoms. The second-order valence-electron chi connectivity index (χ2n) is 3.95. The number of ether oxygens (including phenoxy) is 1. The maximum Gasteiger partial charge on any atom is 0.136 e. The molecule has 1 aromatic heterocycles. The summed E-state index contributed by atoms with van der Waals surface area (Å²) in [5, 5.41) is 0. The molecule has 82 valence electrons. The Morgan fingerprint density at radius 3 is 2.87 bits per heavy atom. The van der Waals surface area contributed by atoms with Gasteiger partial charge < -0.3 is 10.5 Å². The Kier molecular flexibility index (Phi) is 2.86. The molecule has 1 unspecified atom stereocenters. The van der Waals surface area contributed by atoms with Gasteiger partial charge in [0.2, 0.25) is 0 Å². The first-order valence-corrected chi connectivity index (χ1v) is 5.43.